The Morgan fingerprint density at radius 2 is 2.26 bits per heavy atom. The Labute approximate surface area is 115 Å². The summed E-state index contributed by atoms with van der Waals surface area (Å²) in [6.45, 7) is 2.79. The number of nitrogens with one attached hydrogen (secondary N) is 1. The van der Waals surface area contributed by atoms with Crippen molar-refractivity contribution < 1.29 is 19.1 Å². The number of esters is 1. The van der Waals surface area contributed by atoms with E-state index in [9.17, 15) is 9.59 Å². The van der Waals surface area contributed by atoms with Crippen molar-refractivity contribution in [1.82, 2.24) is 4.98 Å². The molecule has 106 valence electrons. The zero-order chi connectivity index (χ0) is 14.1. The van der Waals surface area contributed by atoms with Crippen LogP contribution in [0, 0.1) is 0 Å². The lowest BCUT2D eigenvalue weighted by atomic mass is 10.2. The maximum atomic E-state index is 11.2. The molecule has 0 saturated carbocycles. The molecule has 0 aliphatic carbocycles. The van der Waals surface area contributed by atoms with Gasteiger partial charge in [0.2, 0.25) is 0 Å². The van der Waals surface area contributed by atoms with E-state index in [4.69, 9.17) is 10.5 Å². The lowest BCUT2D eigenvalue weighted by molar-refractivity contribution is -0.143. The molecule has 8 heteroatoms. The second-order valence-electron chi connectivity index (χ2n) is 3.54. The third-order valence-corrected chi connectivity index (χ3v) is 2.91. The van der Waals surface area contributed by atoms with Gasteiger partial charge in [-0.15, -0.1) is 11.3 Å². The standard InChI is InChI=1S/C11H17N3O4S/c1-2-17-9(15)4-3-8-7-19-11(14-8)13-5-6-18-10(12)16/h7H,2-6H2,1H3,(H2,12,16)(H,13,14). The van der Waals surface area contributed by atoms with Crippen LogP contribution in [-0.2, 0) is 20.7 Å². The average Bonchev–Trinajstić information content (AvgIpc) is 2.80. The number of nitrogens with two attached hydrogens (primary N) is 1. The fourth-order valence-corrected chi connectivity index (χ4v) is 2.05. The summed E-state index contributed by atoms with van der Waals surface area (Å²) in [6.07, 6.45) is 0.0763. The van der Waals surface area contributed by atoms with Crippen molar-refractivity contribution >= 4 is 28.5 Å². The minimum atomic E-state index is -0.795. The number of anilines is 1. The topological polar surface area (TPSA) is 104 Å². The van der Waals surface area contributed by atoms with Crippen molar-refractivity contribution in [2.24, 2.45) is 5.73 Å². The number of thiazole rings is 1. The normalized spacial score (nSPS) is 9.95. The fourth-order valence-electron chi connectivity index (χ4n) is 1.28. The molecule has 0 bridgehead atoms. The van der Waals surface area contributed by atoms with Crippen LogP contribution in [0.2, 0.25) is 0 Å². The highest BCUT2D eigenvalue weighted by atomic mass is 32.1. The second-order valence-corrected chi connectivity index (χ2v) is 4.40. The van der Waals surface area contributed by atoms with Crippen LogP contribution in [0.3, 0.4) is 0 Å². The highest BCUT2D eigenvalue weighted by Crippen LogP contribution is 2.16. The number of amides is 1. The number of aromatic nitrogens is 1. The Kier molecular flexibility index (Phi) is 6.65. The van der Waals surface area contributed by atoms with Gasteiger partial charge in [-0.3, -0.25) is 4.79 Å². The lowest BCUT2D eigenvalue weighted by Gasteiger charge is -2.02. The van der Waals surface area contributed by atoms with Gasteiger partial charge in [-0.25, -0.2) is 9.78 Å². The van der Waals surface area contributed by atoms with Crippen LogP contribution >= 0.6 is 11.3 Å². The van der Waals surface area contributed by atoms with Gasteiger partial charge in [0, 0.05) is 11.8 Å². The van der Waals surface area contributed by atoms with E-state index >= 15 is 0 Å². The zero-order valence-corrected chi connectivity index (χ0v) is 11.5. The van der Waals surface area contributed by atoms with Gasteiger partial charge in [-0.2, -0.15) is 0 Å². The molecule has 0 atom stereocenters. The van der Waals surface area contributed by atoms with Crippen LogP contribution in [0.1, 0.15) is 19.0 Å². The predicted octanol–water partition coefficient (Wildman–Crippen LogP) is 1.15. The highest BCUT2D eigenvalue weighted by Gasteiger charge is 2.06. The van der Waals surface area contributed by atoms with Gasteiger partial charge < -0.3 is 20.5 Å². The van der Waals surface area contributed by atoms with Crippen LogP contribution in [0.25, 0.3) is 0 Å². The summed E-state index contributed by atoms with van der Waals surface area (Å²) < 4.78 is 9.40. The molecular weight excluding hydrogens is 270 g/mol. The zero-order valence-electron chi connectivity index (χ0n) is 10.7. The van der Waals surface area contributed by atoms with Crippen molar-refractivity contribution in [3.63, 3.8) is 0 Å². The molecule has 0 radical (unpaired) electrons. The van der Waals surface area contributed by atoms with E-state index in [1.165, 1.54) is 11.3 Å². The van der Waals surface area contributed by atoms with Crippen LogP contribution in [-0.4, -0.2) is 36.8 Å². The number of primary amides is 1. The minimum absolute atomic E-state index is 0.188. The van der Waals surface area contributed by atoms with Gasteiger partial charge in [0.05, 0.1) is 25.3 Å². The molecule has 0 aliphatic rings. The number of hydrogen-bond donors (Lipinski definition) is 2. The Morgan fingerprint density at radius 1 is 1.47 bits per heavy atom. The van der Waals surface area contributed by atoms with E-state index in [1.807, 2.05) is 5.38 Å². The summed E-state index contributed by atoms with van der Waals surface area (Å²) in [6, 6.07) is 0. The molecule has 19 heavy (non-hydrogen) atoms. The maximum Gasteiger partial charge on any atom is 0.404 e. The third-order valence-electron chi connectivity index (χ3n) is 2.06. The first-order valence-corrected chi connectivity index (χ1v) is 6.76. The smallest absolute Gasteiger partial charge is 0.404 e. The number of aryl methyl sites for hydroxylation is 1. The van der Waals surface area contributed by atoms with Crippen LogP contribution in [0.15, 0.2) is 5.38 Å². The first-order chi connectivity index (χ1) is 9.11. The van der Waals surface area contributed by atoms with Gasteiger partial charge in [-0.05, 0) is 6.92 Å². The minimum Gasteiger partial charge on any atom is -0.466 e. The van der Waals surface area contributed by atoms with Crippen molar-refractivity contribution in [3.05, 3.63) is 11.1 Å². The molecule has 3 N–H and O–H groups in total. The summed E-state index contributed by atoms with van der Waals surface area (Å²) >= 11 is 1.43. The van der Waals surface area contributed by atoms with E-state index in [0.717, 1.165) is 5.69 Å². The highest BCUT2D eigenvalue weighted by molar-refractivity contribution is 7.13. The second kappa shape index (κ2) is 8.30. The molecule has 0 spiro atoms. The van der Waals surface area contributed by atoms with Crippen LogP contribution in [0.4, 0.5) is 9.93 Å². The Balaban J connectivity index is 2.24. The summed E-state index contributed by atoms with van der Waals surface area (Å²) in [4.78, 5) is 25.8. The summed E-state index contributed by atoms with van der Waals surface area (Å²) in [5.41, 5.74) is 5.65. The number of carbonyl (C=O) groups excluding carboxylic acids is 2. The molecule has 1 aromatic heterocycles. The lowest BCUT2D eigenvalue weighted by Crippen LogP contribution is -2.18. The van der Waals surface area contributed by atoms with E-state index in [0.29, 0.717) is 31.1 Å². The summed E-state index contributed by atoms with van der Waals surface area (Å²) in [5.74, 6) is -0.222. The molecule has 7 nitrogen and oxygen atoms in total. The van der Waals surface area contributed by atoms with Crippen molar-refractivity contribution in [2.75, 3.05) is 25.1 Å². The summed E-state index contributed by atoms with van der Waals surface area (Å²) in [7, 11) is 0. The van der Waals surface area contributed by atoms with E-state index < -0.39 is 6.09 Å². The monoisotopic (exact) mass is 287 g/mol. The van der Waals surface area contributed by atoms with Gasteiger partial charge in [0.25, 0.3) is 0 Å². The van der Waals surface area contributed by atoms with E-state index in [-0.39, 0.29) is 12.6 Å². The molecule has 1 aromatic rings. The molecule has 1 amide bonds. The van der Waals surface area contributed by atoms with Crippen molar-refractivity contribution in [1.29, 1.82) is 0 Å². The number of hydrogen-bond acceptors (Lipinski definition) is 7. The van der Waals surface area contributed by atoms with Gasteiger partial charge in [-0.1, -0.05) is 0 Å². The van der Waals surface area contributed by atoms with Crippen LogP contribution in [0.5, 0.6) is 0 Å². The SMILES string of the molecule is CCOC(=O)CCc1csc(NCCOC(N)=O)n1. The number of ether oxygens (including phenoxy) is 2. The largest absolute Gasteiger partial charge is 0.466 e. The molecule has 0 saturated heterocycles. The summed E-state index contributed by atoms with van der Waals surface area (Å²) in [5, 5.41) is 5.58. The van der Waals surface area contributed by atoms with E-state index in [1.54, 1.807) is 6.92 Å². The molecule has 1 heterocycles. The number of nitrogens with zero attached hydrogens (tertiary/aromatic N) is 1. The van der Waals surface area contributed by atoms with Crippen molar-refractivity contribution in [2.45, 2.75) is 19.8 Å². The van der Waals surface area contributed by atoms with Gasteiger partial charge in [0.1, 0.15) is 6.61 Å². The molecular formula is C11H17N3O4S. The molecule has 0 aromatic carbocycles. The fraction of sp³-hybridized carbons (Fsp3) is 0.545. The van der Waals surface area contributed by atoms with Gasteiger partial charge >= 0.3 is 12.1 Å². The number of rotatable bonds is 8. The van der Waals surface area contributed by atoms with E-state index in [2.05, 4.69) is 15.0 Å². The molecule has 0 aliphatic heterocycles. The number of carbonyl (C=O) groups is 2. The van der Waals surface area contributed by atoms with Crippen LogP contribution < -0.4 is 11.1 Å². The first-order valence-electron chi connectivity index (χ1n) is 5.88. The van der Waals surface area contributed by atoms with Gasteiger partial charge in [0.15, 0.2) is 5.13 Å². The first kappa shape index (κ1) is 15.2. The maximum absolute atomic E-state index is 11.2. The Hall–Kier alpha value is -1.83. The predicted molar refractivity (Wildman–Crippen MR) is 71.1 cm³/mol. The third kappa shape index (κ3) is 6.61. The quantitative estimate of drug-likeness (QED) is 0.549. The average molecular weight is 287 g/mol. The molecule has 0 unspecified atom stereocenters. The Morgan fingerprint density at radius 3 is 2.95 bits per heavy atom. The Bertz CT molecular complexity index is 422. The molecule has 0 fully saturated rings. The molecule has 1 rings (SSSR count). The van der Waals surface area contributed by atoms with Crippen molar-refractivity contribution in [3.8, 4) is 0 Å².